The standard InChI is InChI=1S/C47H32N2O/c1-47(2)39-21-12-20-36(45(39)38-25-30-15-6-7-16-31(30)27-40(38)47)33-17-8-9-18-34(33)42-28-41(48-46(49-42)29-13-4-3-5-14-29)32-23-24-44-37(26-32)35-19-10-11-22-43(35)50-44/h3-28H,1-2H3. The molecule has 0 bridgehead atoms. The lowest BCUT2D eigenvalue weighted by Crippen LogP contribution is -2.14. The van der Waals surface area contributed by atoms with Crippen molar-refractivity contribution >= 4 is 32.7 Å². The predicted molar refractivity (Wildman–Crippen MR) is 206 cm³/mol. The van der Waals surface area contributed by atoms with Crippen molar-refractivity contribution in [1.29, 1.82) is 0 Å². The quantitative estimate of drug-likeness (QED) is 0.192. The molecule has 7 aromatic carbocycles. The molecule has 0 fully saturated rings. The number of rotatable bonds is 4. The van der Waals surface area contributed by atoms with Gasteiger partial charge in [0.1, 0.15) is 11.2 Å². The topological polar surface area (TPSA) is 38.9 Å². The normalized spacial score (nSPS) is 13.2. The Labute approximate surface area is 290 Å². The zero-order valence-electron chi connectivity index (χ0n) is 27.8. The Hall–Kier alpha value is -6.32. The third kappa shape index (κ3) is 4.37. The van der Waals surface area contributed by atoms with Gasteiger partial charge in [0.25, 0.3) is 0 Å². The number of hydrogen-bond acceptors (Lipinski definition) is 3. The van der Waals surface area contributed by atoms with E-state index < -0.39 is 0 Å². The first-order valence-corrected chi connectivity index (χ1v) is 17.2. The summed E-state index contributed by atoms with van der Waals surface area (Å²) in [7, 11) is 0. The first-order valence-electron chi connectivity index (χ1n) is 17.2. The molecule has 1 aliphatic carbocycles. The van der Waals surface area contributed by atoms with Crippen LogP contribution in [0.4, 0.5) is 0 Å². The number of furan rings is 1. The van der Waals surface area contributed by atoms with E-state index in [-0.39, 0.29) is 5.41 Å². The summed E-state index contributed by atoms with van der Waals surface area (Å²) < 4.78 is 6.16. The van der Waals surface area contributed by atoms with Crippen molar-refractivity contribution in [2.45, 2.75) is 19.3 Å². The van der Waals surface area contributed by atoms with E-state index in [9.17, 15) is 0 Å². The molecule has 2 aromatic heterocycles. The number of fused-ring (bicyclic) bond motifs is 7. The van der Waals surface area contributed by atoms with Crippen molar-refractivity contribution in [1.82, 2.24) is 9.97 Å². The Morgan fingerprint density at radius 2 is 1.12 bits per heavy atom. The van der Waals surface area contributed by atoms with Crippen molar-refractivity contribution in [3.8, 4) is 56.2 Å². The highest BCUT2D eigenvalue weighted by atomic mass is 16.3. The maximum absolute atomic E-state index is 6.16. The molecule has 0 spiro atoms. The summed E-state index contributed by atoms with van der Waals surface area (Å²) in [5.41, 5.74) is 14.2. The van der Waals surface area contributed by atoms with Crippen LogP contribution in [0.3, 0.4) is 0 Å². The highest BCUT2D eigenvalue weighted by molar-refractivity contribution is 6.06. The van der Waals surface area contributed by atoms with E-state index in [1.54, 1.807) is 0 Å². The van der Waals surface area contributed by atoms with Crippen molar-refractivity contribution in [3.05, 3.63) is 169 Å². The maximum atomic E-state index is 6.16. The minimum Gasteiger partial charge on any atom is -0.456 e. The SMILES string of the molecule is CC1(C)c2cc3ccccc3cc2-c2c(-c3ccccc3-c3cc(-c4ccc5oc6ccccc6c5c4)nc(-c4ccccc4)n3)cccc21. The zero-order valence-corrected chi connectivity index (χ0v) is 27.8. The largest absolute Gasteiger partial charge is 0.456 e. The second-order valence-corrected chi connectivity index (χ2v) is 13.8. The summed E-state index contributed by atoms with van der Waals surface area (Å²) in [6.45, 7) is 4.70. The number of benzene rings is 7. The number of hydrogen-bond donors (Lipinski definition) is 0. The number of aromatic nitrogens is 2. The molecule has 236 valence electrons. The summed E-state index contributed by atoms with van der Waals surface area (Å²) in [5, 5.41) is 4.71. The Balaban J connectivity index is 1.20. The Kier molecular flexibility index (Phi) is 6.22. The lowest BCUT2D eigenvalue weighted by atomic mass is 9.81. The molecule has 0 unspecified atom stereocenters. The van der Waals surface area contributed by atoms with Gasteiger partial charge in [-0.05, 0) is 86.6 Å². The first-order chi connectivity index (χ1) is 24.5. The van der Waals surface area contributed by atoms with Crippen LogP contribution in [-0.4, -0.2) is 9.97 Å². The molecular weight excluding hydrogens is 609 g/mol. The highest BCUT2D eigenvalue weighted by Crippen LogP contribution is 2.54. The van der Waals surface area contributed by atoms with Gasteiger partial charge in [-0.1, -0.05) is 129 Å². The molecule has 3 heteroatoms. The summed E-state index contributed by atoms with van der Waals surface area (Å²) >= 11 is 0. The van der Waals surface area contributed by atoms with Gasteiger partial charge in [0, 0.05) is 32.9 Å². The second-order valence-electron chi connectivity index (χ2n) is 13.8. The molecule has 0 atom stereocenters. The molecule has 0 amide bonds. The average Bonchev–Trinajstić information content (AvgIpc) is 3.65. The lowest BCUT2D eigenvalue weighted by Gasteiger charge is -2.22. The summed E-state index contributed by atoms with van der Waals surface area (Å²) in [6.07, 6.45) is 0. The molecule has 0 saturated carbocycles. The van der Waals surface area contributed by atoms with Crippen LogP contribution in [0.15, 0.2) is 162 Å². The molecular formula is C47H32N2O. The molecule has 3 nitrogen and oxygen atoms in total. The van der Waals surface area contributed by atoms with E-state index in [0.29, 0.717) is 5.82 Å². The molecule has 0 radical (unpaired) electrons. The van der Waals surface area contributed by atoms with Crippen molar-refractivity contribution in [3.63, 3.8) is 0 Å². The molecule has 0 saturated heterocycles. The molecule has 1 aliphatic rings. The monoisotopic (exact) mass is 640 g/mol. The van der Waals surface area contributed by atoms with Crippen LogP contribution in [0.25, 0.3) is 88.9 Å². The number of nitrogens with zero attached hydrogens (tertiary/aromatic N) is 2. The molecule has 2 heterocycles. The van der Waals surface area contributed by atoms with Gasteiger partial charge in [-0.2, -0.15) is 0 Å². The summed E-state index contributed by atoms with van der Waals surface area (Å²) in [6, 6.07) is 55.9. The van der Waals surface area contributed by atoms with E-state index in [0.717, 1.165) is 55.6 Å². The maximum Gasteiger partial charge on any atom is 0.160 e. The van der Waals surface area contributed by atoms with Gasteiger partial charge in [-0.25, -0.2) is 9.97 Å². The average molecular weight is 641 g/mol. The minimum absolute atomic E-state index is 0.127. The Morgan fingerprint density at radius 3 is 1.98 bits per heavy atom. The van der Waals surface area contributed by atoms with Gasteiger partial charge in [0.05, 0.1) is 11.4 Å². The molecule has 50 heavy (non-hydrogen) atoms. The van der Waals surface area contributed by atoms with Gasteiger partial charge in [0.15, 0.2) is 5.82 Å². The van der Waals surface area contributed by atoms with Crippen LogP contribution < -0.4 is 0 Å². The van der Waals surface area contributed by atoms with Gasteiger partial charge >= 0.3 is 0 Å². The van der Waals surface area contributed by atoms with E-state index in [1.165, 1.54) is 38.6 Å². The second kappa shape index (κ2) is 10.8. The third-order valence-corrected chi connectivity index (χ3v) is 10.5. The summed E-state index contributed by atoms with van der Waals surface area (Å²) in [4.78, 5) is 10.4. The predicted octanol–water partition coefficient (Wildman–Crippen LogP) is 12.5. The zero-order chi connectivity index (χ0) is 33.4. The smallest absolute Gasteiger partial charge is 0.160 e. The molecule has 10 rings (SSSR count). The molecule has 9 aromatic rings. The van der Waals surface area contributed by atoms with Gasteiger partial charge in [-0.15, -0.1) is 0 Å². The van der Waals surface area contributed by atoms with Crippen LogP contribution in [-0.2, 0) is 5.41 Å². The van der Waals surface area contributed by atoms with E-state index in [2.05, 4.69) is 141 Å². The van der Waals surface area contributed by atoms with Crippen molar-refractivity contribution < 1.29 is 4.42 Å². The number of para-hydroxylation sites is 1. The van der Waals surface area contributed by atoms with Crippen molar-refractivity contribution in [2.75, 3.05) is 0 Å². The molecule has 0 N–H and O–H groups in total. The fourth-order valence-corrected chi connectivity index (χ4v) is 7.97. The third-order valence-electron chi connectivity index (χ3n) is 10.5. The Bertz CT molecular complexity index is 2790. The van der Waals surface area contributed by atoms with E-state index >= 15 is 0 Å². The van der Waals surface area contributed by atoms with E-state index in [4.69, 9.17) is 14.4 Å². The Morgan fingerprint density at radius 1 is 0.440 bits per heavy atom. The fraction of sp³-hybridized carbons (Fsp3) is 0.0638. The van der Waals surface area contributed by atoms with Crippen LogP contribution in [0.5, 0.6) is 0 Å². The summed E-state index contributed by atoms with van der Waals surface area (Å²) in [5.74, 6) is 0.696. The van der Waals surface area contributed by atoms with Crippen molar-refractivity contribution in [2.24, 2.45) is 0 Å². The molecule has 0 aliphatic heterocycles. The van der Waals surface area contributed by atoms with E-state index in [1.807, 2.05) is 30.3 Å². The van der Waals surface area contributed by atoms with Crippen LogP contribution in [0.1, 0.15) is 25.0 Å². The van der Waals surface area contributed by atoms with Crippen LogP contribution in [0, 0.1) is 0 Å². The fourth-order valence-electron chi connectivity index (χ4n) is 7.97. The van der Waals surface area contributed by atoms with Crippen LogP contribution in [0.2, 0.25) is 0 Å². The van der Waals surface area contributed by atoms with Gasteiger partial charge in [0.2, 0.25) is 0 Å². The van der Waals surface area contributed by atoms with Gasteiger partial charge in [-0.3, -0.25) is 0 Å². The lowest BCUT2D eigenvalue weighted by molar-refractivity contribution is 0.661. The first kappa shape index (κ1) is 28.7. The van der Waals surface area contributed by atoms with Crippen LogP contribution >= 0.6 is 0 Å². The van der Waals surface area contributed by atoms with Gasteiger partial charge < -0.3 is 4.42 Å². The minimum atomic E-state index is -0.127. The highest BCUT2D eigenvalue weighted by Gasteiger charge is 2.37.